The third kappa shape index (κ3) is 2.09. The van der Waals surface area contributed by atoms with Crippen molar-refractivity contribution in [3.05, 3.63) is 39.7 Å². The Kier molecular flexibility index (Phi) is 3.67. The van der Waals surface area contributed by atoms with E-state index in [9.17, 15) is 10.1 Å². The first kappa shape index (κ1) is 14.7. The van der Waals surface area contributed by atoms with Crippen molar-refractivity contribution in [1.29, 1.82) is 5.26 Å². The summed E-state index contributed by atoms with van der Waals surface area (Å²) in [6, 6.07) is 2.07. The average Bonchev–Trinajstić information content (AvgIpc) is 2.86. The van der Waals surface area contributed by atoms with Crippen molar-refractivity contribution in [3.63, 3.8) is 0 Å². The summed E-state index contributed by atoms with van der Waals surface area (Å²) in [6.07, 6.45) is 3.32. The van der Waals surface area contributed by atoms with Gasteiger partial charge in [0.15, 0.2) is 5.78 Å². The van der Waals surface area contributed by atoms with Gasteiger partial charge in [-0.05, 0) is 13.3 Å². The molecule has 0 unspecified atom stereocenters. The Labute approximate surface area is 132 Å². The Morgan fingerprint density at radius 1 is 1.59 bits per heavy atom. The number of allylic oxidation sites excluding steroid dienone is 3. The van der Waals surface area contributed by atoms with Gasteiger partial charge in [-0.1, -0.05) is 11.6 Å². The second kappa shape index (κ2) is 5.50. The van der Waals surface area contributed by atoms with Crippen LogP contribution >= 0.6 is 11.6 Å². The number of carbonyl (C=O) groups excluding carboxylic acids is 1. The lowest BCUT2D eigenvalue weighted by molar-refractivity contribution is -0.116. The van der Waals surface area contributed by atoms with Crippen molar-refractivity contribution in [3.8, 4) is 6.07 Å². The van der Waals surface area contributed by atoms with Crippen molar-refractivity contribution in [2.75, 3.05) is 0 Å². The molecule has 7 heteroatoms. The maximum absolute atomic E-state index is 12.4. The second-order valence-corrected chi connectivity index (χ2v) is 5.64. The van der Waals surface area contributed by atoms with E-state index in [0.29, 0.717) is 41.4 Å². The van der Waals surface area contributed by atoms with Gasteiger partial charge in [-0.15, -0.1) is 0 Å². The Bertz CT molecular complexity index is 754. The normalized spacial score (nSPS) is 21.5. The van der Waals surface area contributed by atoms with Crippen LogP contribution < -0.4 is 5.73 Å². The van der Waals surface area contributed by atoms with E-state index in [-0.39, 0.29) is 17.2 Å². The van der Waals surface area contributed by atoms with Gasteiger partial charge >= 0.3 is 0 Å². The number of nitrogens with two attached hydrogens (primary N) is 1. The standard InChI is InChI=1S/C15H15ClN4O2/c1-2-20-14(9(16)7-19-20)12-8(6-17)15(18)22-11-5-3-4-10(21)13(11)12/h7,12H,2-5,18H2,1H3/t12-/m1/s1. The fourth-order valence-corrected chi connectivity index (χ4v) is 3.29. The zero-order chi connectivity index (χ0) is 15.9. The number of hydrogen-bond acceptors (Lipinski definition) is 5. The molecule has 22 heavy (non-hydrogen) atoms. The highest BCUT2D eigenvalue weighted by Crippen LogP contribution is 2.45. The van der Waals surface area contributed by atoms with Gasteiger partial charge in [0.05, 0.1) is 22.8 Å². The van der Waals surface area contributed by atoms with Crippen LogP contribution in [-0.4, -0.2) is 15.6 Å². The maximum atomic E-state index is 12.4. The summed E-state index contributed by atoms with van der Waals surface area (Å²) in [7, 11) is 0. The molecule has 0 amide bonds. The van der Waals surface area contributed by atoms with E-state index in [0.717, 1.165) is 6.42 Å². The lowest BCUT2D eigenvalue weighted by atomic mass is 9.79. The summed E-state index contributed by atoms with van der Waals surface area (Å²) in [4.78, 5) is 12.4. The fourth-order valence-electron chi connectivity index (χ4n) is 3.04. The van der Waals surface area contributed by atoms with Gasteiger partial charge in [0.2, 0.25) is 5.88 Å². The van der Waals surface area contributed by atoms with E-state index in [4.69, 9.17) is 22.1 Å². The summed E-state index contributed by atoms with van der Waals surface area (Å²) in [6.45, 7) is 2.50. The van der Waals surface area contributed by atoms with E-state index in [1.165, 1.54) is 6.20 Å². The lowest BCUT2D eigenvalue weighted by Crippen LogP contribution is -2.28. The monoisotopic (exact) mass is 318 g/mol. The number of hydrogen-bond donors (Lipinski definition) is 1. The molecule has 1 aliphatic carbocycles. The van der Waals surface area contributed by atoms with E-state index in [2.05, 4.69) is 11.2 Å². The molecule has 2 heterocycles. The van der Waals surface area contributed by atoms with Gasteiger partial charge in [0.1, 0.15) is 17.4 Å². The van der Waals surface area contributed by atoms with Gasteiger partial charge < -0.3 is 10.5 Å². The first-order valence-electron chi connectivity index (χ1n) is 7.13. The van der Waals surface area contributed by atoms with Crippen LogP contribution in [0.2, 0.25) is 5.02 Å². The molecule has 0 radical (unpaired) electrons. The van der Waals surface area contributed by atoms with Crippen LogP contribution in [-0.2, 0) is 16.1 Å². The number of nitrogens with zero attached hydrogens (tertiary/aromatic N) is 3. The summed E-state index contributed by atoms with van der Waals surface area (Å²) in [5, 5.41) is 14.1. The Morgan fingerprint density at radius 2 is 2.36 bits per heavy atom. The number of halogens is 1. The van der Waals surface area contributed by atoms with E-state index < -0.39 is 5.92 Å². The van der Waals surface area contributed by atoms with Crippen LogP contribution in [0.5, 0.6) is 0 Å². The van der Waals surface area contributed by atoms with Crippen molar-refractivity contribution >= 4 is 17.4 Å². The van der Waals surface area contributed by atoms with Crippen LogP contribution in [0.25, 0.3) is 0 Å². The third-order valence-corrected chi connectivity index (χ3v) is 4.30. The highest BCUT2D eigenvalue weighted by atomic mass is 35.5. The minimum Gasteiger partial charge on any atom is -0.444 e. The van der Waals surface area contributed by atoms with Crippen LogP contribution in [0.4, 0.5) is 0 Å². The molecule has 0 fully saturated rings. The molecule has 6 nitrogen and oxygen atoms in total. The second-order valence-electron chi connectivity index (χ2n) is 5.23. The maximum Gasteiger partial charge on any atom is 0.205 e. The van der Waals surface area contributed by atoms with Gasteiger partial charge in [0.25, 0.3) is 0 Å². The van der Waals surface area contributed by atoms with Crippen LogP contribution in [0.1, 0.15) is 37.8 Å². The van der Waals surface area contributed by atoms with Gasteiger partial charge in [-0.25, -0.2) is 0 Å². The Morgan fingerprint density at radius 3 is 3.05 bits per heavy atom. The molecule has 1 atom stereocenters. The predicted molar refractivity (Wildman–Crippen MR) is 79.4 cm³/mol. The molecule has 0 saturated heterocycles. The number of aromatic nitrogens is 2. The first-order chi connectivity index (χ1) is 10.6. The molecule has 1 aliphatic heterocycles. The highest BCUT2D eigenvalue weighted by molar-refractivity contribution is 6.31. The molecule has 0 bridgehead atoms. The van der Waals surface area contributed by atoms with Crippen molar-refractivity contribution in [1.82, 2.24) is 9.78 Å². The molecule has 0 saturated carbocycles. The number of ether oxygens (including phenoxy) is 1. The quantitative estimate of drug-likeness (QED) is 0.903. The lowest BCUT2D eigenvalue weighted by Gasteiger charge is -2.31. The molecule has 2 N–H and O–H groups in total. The van der Waals surface area contributed by atoms with Crippen molar-refractivity contribution in [2.45, 2.75) is 38.6 Å². The van der Waals surface area contributed by atoms with Crippen molar-refractivity contribution in [2.24, 2.45) is 5.73 Å². The van der Waals surface area contributed by atoms with Gasteiger partial charge in [-0.3, -0.25) is 9.48 Å². The zero-order valence-corrected chi connectivity index (χ0v) is 12.9. The molecule has 114 valence electrons. The number of ketones is 1. The Hall–Kier alpha value is -2.26. The topological polar surface area (TPSA) is 93.9 Å². The van der Waals surface area contributed by atoms with E-state index in [1.807, 2.05) is 6.92 Å². The Balaban J connectivity index is 2.25. The van der Waals surface area contributed by atoms with Crippen LogP contribution in [0, 0.1) is 11.3 Å². The zero-order valence-electron chi connectivity index (χ0n) is 12.1. The predicted octanol–water partition coefficient (Wildman–Crippen LogP) is 2.37. The number of carbonyl (C=O) groups is 1. The molecule has 2 aliphatic rings. The molecular formula is C15H15ClN4O2. The third-order valence-electron chi connectivity index (χ3n) is 4.01. The molecular weight excluding hydrogens is 304 g/mol. The highest BCUT2D eigenvalue weighted by Gasteiger charge is 2.40. The first-order valence-corrected chi connectivity index (χ1v) is 7.51. The summed E-state index contributed by atoms with van der Waals surface area (Å²) < 4.78 is 7.22. The van der Waals surface area contributed by atoms with E-state index >= 15 is 0 Å². The number of Topliss-reactive ketones (excluding diaryl/α,β-unsaturated/α-hetero) is 1. The van der Waals surface area contributed by atoms with Crippen LogP contribution in [0.15, 0.2) is 29.0 Å². The number of nitriles is 1. The fraction of sp³-hybridized carbons (Fsp3) is 0.400. The van der Waals surface area contributed by atoms with E-state index in [1.54, 1.807) is 4.68 Å². The molecule has 1 aromatic rings. The average molecular weight is 319 g/mol. The summed E-state index contributed by atoms with van der Waals surface area (Å²) >= 11 is 6.28. The smallest absolute Gasteiger partial charge is 0.205 e. The van der Waals surface area contributed by atoms with Gasteiger partial charge in [-0.2, -0.15) is 10.4 Å². The molecule has 1 aromatic heterocycles. The minimum atomic E-state index is -0.600. The molecule has 0 spiro atoms. The number of rotatable bonds is 2. The molecule has 3 rings (SSSR count). The van der Waals surface area contributed by atoms with Crippen LogP contribution in [0.3, 0.4) is 0 Å². The number of aryl methyl sites for hydroxylation is 1. The minimum absolute atomic E-state index is 0.0218. The SMILES string of the molecule is CCn1ncc(Cl)c1[C@@H]1C(C#N)=C(N)OC2=C1C(=O)CCC2. The van der Waals surface area contributed by atoms with Crippen molar-refractivity contribution < 1.29 is 9.53 Å². The van der Waals surface area contributed by atoms with Gasteiger partial charge in [0, 0.05) is 25.0 Å². The molecule has 0 aromatic carbocycles. The largest absolute Gasteiger partial charge is 0.444 e. The summed E-state index contributed by atoms with van der Waals surface area (Å²) in [5.41, 5.74) is 7.23. The summed E-state index contributed by atoms with van der Waals surface area (Å²) in [5.74, 6) is -0.0264.